The molecule has 3 atom stereocenters. The number of hydrogen-bond acceptors (Lipinski definition) is 5. The second-order valence-corrected chi connectivity index (χ2v) is 11.3. The molecule has 4 aliphatic rings. The standard InChI is InChI=1S/C34H35N3O4/c1-5-22(32(38)39)17-28(35)30-18-23(33(40)41)19-31(37(30)4)29-16-20(12-13-36-29)10-11-21-14-25-24-8-6-7-9-26(24)34(2,3)27(25)15-21/h5-15,17-21,31H,16,35H2,1-4H3,(H,38,39)(H,40,41)/b11-10+,22-5+,28-17-. The minimum atomic E-state index is -1.11. The van der Waals surface area contributed by atoms with E-state index in [1.54, 1.807) is 19.2 Å². The van der Waals surface area contributed by atoms with Gasteiger partial charge in [-0.2, -0.15) is 0 Å². The van der Waals surface area contributed by atoms with Crippen LogP contribution in [-0.4, -0.2) is 45.9 Å². The minimum absolute atomic E-state index is 0.0188. The molecule has 41 heavy (non-hydrogen) atoms. The SMILES string of the molecule is C/C=C(\C=C(/N)C1=CC(C(=O)O)=CC(C2=NC=CC(/C=C/C3C=C4C(=C3)C(C)(C)c3ccccc34)C2)N1C)C(=O)O. The highest BCUT2D eigenvalue weighted by atomic mass is 16.4. The van der Waals surface area contributed by atoms with Crippen LogP contribution in [0.15, 0.2) is 118 Å². The molecule has 4 N–H and O–H groups in total. The van der Waals surface area contributed by atoms with Crippen LogP contribution in [0.25, 0.3) is 5.57 Å². The number of aliphatic carboxylic acids is 2. The van der Waals surface area contributed by atoms with E-state index in [-0.39, 0.29) is 34.1 Å². The largest absolute Gasteiger partial charge is 0.478 e. The lowest BCUT2D eigenvalue weighted by Gasteiger charge is -2.35. The van der Waals surface area contributed by atoms with Crippen LogP contribution in [0.2, 0.25) is 0 Å². The minimum Gasteiger partial charge on any atom is -0.478 e. The van der Waals surface area contributed by atoms with Crippen molar-refractivity contribution < 1.29 is 19.8 Å². The summed E-state index contributed by atoms with van der Waals surface area (Å²) in [5.74, 6) is -1.90. The van der Waals surface area contributed by atoms with Crippen LogP contribution in [0.3, 0.4) is 0 Å². The van der Waals surface area contributed by atoms with E-state index < -0.39 is 18.0 Å². The quantitative estimate of drug-likeness (QED) is 0.234. The summed E-state index contributed by atoms with van der Waals surface area (Å²) in [5.41, 5.74) is 13.2. The predicted molar refractivity (Wildman–Crippen MR) is 162 cm³/mol. The molecular weight excluding hydrogens is 514 g/mol. The molecule has 0 bridgehead atoms. The number of nitrogens with zero attached hydrogens (tertiary/aromatic N) is 2. The van der Waals surface area contributed by atoms with Crippen molar-refractivity contribution in [2.45, 2.75) is 38.6 Å². The van der Waals surface area contributed by atoms with Gasteiger partial charge < -0.3 is 20.8 Å². The zero-order valence-electron chi connectivity index (χ0n) is 23.7. The predicted octanol–water partition coefficient (Wildman–Crippen LogP) is 5.53. The smallest absolute Gasteiger partial charge is 0.335 e. The molecule has 1 aromatic rings. The van der Waals surface area contributed by atoms with Gasteiger partial charge in [-0.05, 0) is 53.8 Å². The van der Waals surface area contributed by atoms with Crippen LogP contribution in [-0.2, 0) is 15.0 Å². The Hall–Kier alpha value is -4.65. The van der Waals surface area contributed by atoms with Gasteiger partial charge in [-0.1, -0.05) is 74.6 Å². The van der Waals surface area contributed by atoms with E-state index in [4.69, 9.17) is 5.73 Å². The average molecular weight is 550 g/mol. The topological polar surface area (TPSA) is 116 Å². The Morgan fingerprint density at radius 2 is 1.88 bits per heavy atom. The van der Waals surface area contributed by atoms with Crippen molar-refractivity contribution in [3.8, 4) is 0 Å². The molecule has 0 saturated carbocycles. The summed E-state index contributed by atoms with van der Waals surface area (Å²) >= 11 is 0. The molecular formula is C34H35N3O4. The summed E-state index contributed by atoms with van der Waals surface area (Å²) in [6.07, 6.45) is 19.5. The maximum atomic E-state index is 12.0. The lowest BCUT2D eigenvalue weighted by Crippen LogP contribution is -2.41. The zero-order chi connectivity index (χ0) is 29.5. The van der Waals surface area contributed by atoms with Gasteiger partial charge >= 0.3 is 11.9 Å². The summed E-state index contributed by atoms with van der Waals surface area (Å²) in [4.78, 5) is 30.0. The molecule has 1 aromatic carbocycles. The van der Waals surface area contributed by atoms with E-state index in [2.05, 4.69) is 73.5 Å². The average Bonchev–Trinajstić information content (AvgIpc) is 3.47. The van der Waals surface area contributed by atoms with E-state index >= 15 is 0 Å². The number of allylic oxidation sites excluding steroid dienone is 8. The van der Waals surface area contributed by atoms with Crippen LogP contribution >= 0.6 is 0 Å². The van der Waals surface area contributed by atoms with Gasteiger partial charge in [0.15, 0.2) is 0 Å². The van der Waals surface area contributed by atoms with Crippen molar-refractivity contribution >= 4 is 23.2 Å². The number of carbonyl (C=O) groups is 2. The number of aliphatic imine (C=N–C) groups is 1. The molecule has 0 saturated heterocycles. The fourth-order valence-electron chi connectivity index (χ4n) is 6.10. The molecule has 3 unspecified atom stereocenters. The third-order valence-corrected chi connectivity index (χ3v) is 8.35. The third kappa shape index (κ3) is 5.15. The fourth-order valence-corrected chi connectivity index (χ4v) is 6.10. The number of carboxylic acid groups (broad SMARTS) is 2. The summed E-state index contributed by atoms with van der Waals surface area (Å²) in [6, 6.07) is 8.17. The number of likely N-dealkylation sites (N-methyl/N-ethyl adjacent to an activating group) is 1. The van der Waals surface area contributed by atoms with E-state index in [1.165, 1.54) is 40.5 Å². The molecule has 0 amide bonds. The highest BCUT2D eigenvalue weighted by Gasteiger charge is 2.40. The molecule has 7 heteroatoms. The Kier molecular flexibility index (Phi) is 7.30. The normalized spacial score (nSPS) is 25.2. The molecule has 210 valence electrons. The Balaban J connectivity index is 1.35. The number of hydrogen-bond donors (Lipinski definition) is 3. The second kappa shape index (κ2) is 10.7. The first kappa shape index (κ1) is 27.9. The number of fused-ring (bicyclic) bond motifs is 3. The Morgan fingerprint density at radius 3 is 2.59 bits per heavy atom. The van der Waals surface area contributed by atoms with Crippen LogP contribution < -0.4 is 5.73 Å². The highest BCUT2D eigenvalue weighted by molar-refractivity contribution is 5.98. The van der Waals surface area contributed by atoms with Crippen LogP contribution in [0.5, 0.6) is 0 Å². The van der Waals surface area contributed by atoms with Crippen molar-refractivity contribution in [1.82, 2.24) is 4.90 Å². The number of carboxylic acids is 2. The van der Waals surface area contributed by atoms with E-state index in [1.807, 2.05) is 11.9 Å². The summed E-state index contributed by atoms with van der Waals surface area (Å²) in [5, 5.41) is 19.2. The molecule has 0 fully saturated rings. The van der Waals surface area contributed by atoms with Crippen LogP contribution in [0, 0.1) is 11.8 Å². The Bertz CT molecular complexity index is 1590. The van der Waals surface area contributed by atoms with Gasteiger partial charge in [0.05, 0.1) is 28.6 Å². The third-order valence-electron chi connectivity index (χ3n) is 8.35. The maximum absolute atomic E-state index is 12.0. The molecule has 0 aromatic heterocycles. The lowest BCUT2D eigenvalue weighted by molar-refractivity contribution is -0.133. The Labute approximate surface area is 240 Å². The number of rotatable bonds is 7. The molecule has 5 rings (SSSR count). The van der Waals surface area contributed by atoms with Crippen LogP contribution in [0.1, 0.15) is 38.3 Å². The molecule has 2 aliphatic carbocycles. The van der Waals surface area contributed by atoms with Gasteiger partial charge in [0, 0.05) is 36.2 Å². The van der Waals surface area contributed by atoms with Crippen molar-refractivity contribution in [3.63, 3.8) is 0 Å². The van der Waals surface area contributed by atoms with Crippen LogP contribution in [0.4, 0.5) is 0 Å². The monoisotopic (exact) mass is 549 g/mol. The van der Waals surface area contributed by atoms with Crippen molar-refractivity contribution in [1.29, 1.82) is 0 Å². The van der Waals surface area contributed by atoms with Crippen molar-refractivity contribution in [3.05, 3.63) is 124 Å². The van der Waals surface area contributed by atoms with Gasteiger partial charge in [-0.15, -0.1) is 0 Å². The molecule has 0 spiro atoms. The van der Waals surface area contributed by atoms with Crippen molar-refractivity contribution in [2.24, 2.45) is 22.6 Å². The zero-order valence-corrected chi connectivity index (χ0v) is 23.7. The molecule has 2 heterocycles. The summed E-state index contributed by atoms with van der Waals surface area (Å²) in [6.45, 7) is 6.17. The first-order chi connectivity index (χ1) is 19.5. The van der Waals surface area contributed by atoms with Gasteiger partial charge in [0.1, 0.15) is 0 Å². The fraction of sp³-hybridized carbons (Fsp3) is 0.265. The van der Waals surface area contributed by atoms with Gasteiger partial charge in [-0.25, -0.2) is 9.59 Å². The first-order valence-corrected chi connectivity index (χ1v) is 13.7. The summed E-state index contributed by atoms with van der Waals surface area (Å²) < 4.78 is 0. The molecule has 7 nitrogen and oxygen atoms in total. The Morgan fingerprint density at radius 1 is 1.12 bits per heavy atom. The number of benzene rings is 1. The van der Waals surface area contributed by atoms with Gasteiger partial charge in [-0.3, -0.25) is 4.99 Å². The first-order valence-electron chi connectivity index (χ1n) is 13.7. The van der Waals surface area contributed by atoms with E-state index in [0.29, 0.717) is 12.1 Å². The van der Waals surface area contributed by atoms with E-state index in [0.717, 1.165) is 5.71 Å². The second-order valence-electron chi connectivity index (χ2n) is 11.3. The van der Waals surface area contributed by atoms with E-state index in [9.17, 15) is 19.8 Å². The molecule has 2 aliphatic heterocycles. The highest BCUT2D eigenvalue weighted by Crippen LogP contribution is 2.52. The van der Waals surface area contributed by atoms with Crippen molar-refractivity contribution in [2.75, 3.05) is 7.05 Å². The van der Waals surface area contributed by atoms with Gasteiger partial charge in [0.25, 0.3) is 0 Å². The summed E-state index contributed by atoms with van der Waals surface area (Å²) in [7, 11) is 1.81. The maximum Gasteiger partial charge on any atom is 0.335 e. The lowest BCUT2D eigenvalue weighted by atomic mass is 9.82. The number of nitrogens with two attached hydrogens (primary N) is 1. The van der Waals surface area contributed by atoms with Gasteiger partial charge in [0.2, 0.25) is 0 Å². The molecule has 0 radical (unpaired) electrons.